The molecule has 1 aliphatic rings. The maximum atomic E-state index is 5.98. The minimum Gasteiger partial charge on any atom is -0.467 e. The monoisotopic (exact) mass is 330 g/mol. The third-order valence-corrected chi connectivity index (χ3v) is 5.66. The second-order valence-electron chi connectivity index (χ2n) is 5.02. The van der Waals surface area contributed by atoms with E-state index >= 15 is 0 Å². The van der Waals surface area contributed by atoms with Gasteiger partial charge in [0, 0.05) is 22.6 Å². The average molecular weight is 330 g/mol. The van der Waals surface area contributed by atoms with Crippen molar-refractivity contribution < 1.29 is 9.47 Å². The first-order valence-electron chi connectivity index (χ1n) is 6.90. The fourth-order valence-electron chi connectivity index (χ4n) is 2.49. The molecule has 0 bridgehead atoms. The zero-order chi connectivity index (χ0) is 14.9. The van der Waals surface area contributed by atoms with Crippen LogP contribution in [0.3, 0.4) is 0 Å². The first kappa shape index (κ1) is 13.9. The number of anilines is 1. The zero-order valence-electron chi connectivity index (χ0n) is 11.7. The lowest BCUT2D eigenvalue weighted by Gasteiger charge is -2.21. The third-order valence-electron chi connectivity index (χ3n) is 3.43. The SMILES string of the molecule is Nc1cc2c(c(CSc3nc4ccccc4s3)c1)OCOC2. The number of ether oxygens (including phenoxy) is 2. The maximum Gasteiger partial charge on any atom is 0.189 e. The fourth-order valence-corrected chi connectivity index (χ4v) is 4.52. The standard InChI is InChI=1S/C16H14N2O2S2/c17-12-5-10-7-19-9-20-15(10)11(6-12)8-21-16-18-13-3-1-2-4-14(13)22-16/h1-6H,7-9,17H2. The Bertz CT molecular complexity index is 799. The number of hydrogen-bond donors (Lipinski definition) is 1. The molecule has 0 spiro atoms. The highest BCUT2D eigenvalue weighted by molar-refractivity contribution is 8.00. The summed E-state index contributed by atoms with van der Waals surface area (Å²) < 4.78 is 13.2. The smallest absolute Gasteiger partial charge is 0.189 e. The molecule has 4 rings (SSSR count). The van der Waals surface area contributed by atoms with Crippen molar-refractivity contribution >= 4 is 39.0 Å². The number of hydrogen-bond acceptors (Lipinski definition) is 6. The molecular weight excluding hydrogens is 316 g/mol. The van der Waals surface area contributed by atoms with Crippen LogP contribution in [0.25, 0.3) is 10.2 Å². The van der Waals surface area contributed by atoms with E-state index in [1.54, 1.807) is 23.1 Å². The van der Waals surface area contributed by atoms with Gasteiger partial charge in [0.1, 0.15) is 5.75 Å². The van der Waals surface area contributed by atoms with E-state index in [2.05, 4.69) is 11.1 Å². The normalized spacial score (nSPS) is 13.8. The van der Waals surface area contributed by atoms with Crippen molar-refractivity contribution in [2.24, 2.45) is 0 Å². The topological polar surface area (TPSA) is 57.4 Å². The van der Waals surface area contributed by atoms with E-state index in [0.717, 1.165) is 38.2 Å². The second kappa shape index (κ2) is 5.79. The Balaban J connectivity index is 1.59. The minimum atomic E-state index is 0.301. The summed E-state index contributed by atoms with van der Waals surface area (Å²) in [5.41, 5.74) is 9.89. The van der Waals surface area contributed by atoms with Gasteiger partial charge in [0.25, 0.3) is 0 Å². The lowest BCUT2D eigenvalue weighted by Crippen LogP contribution is -2.13. The first-order chi connectivity index (χ1) is 10.8. The second-order valence-corrected chi connectivity index (χ2v) is 7.27. The van der Waals surface area contributed by atoms with Crippen LogP contribution in [0.15, 0.2) is 40.7 Å². The summed E-state index contributed by atoms with van der Waals surface area (Å²) in [6, 6.07) is 12.1. The Morgan fingerprint density at radius 2 is 2.18 bits per heavy atom. The van der Waals surface area contributed by atoms with Crippen molar-refractivity contribution in [1.82, 2.24) is 4.98 Å². The molecule has 0 fully saturated rings. The summed E-state index contributed by atoms with van der Waals surface area (Å²) in [6.45, 7) is 0.856. The zero-order valence-corrected chi connectivity index (χ0v) is 13.4. The molecule has 2 heterocycles. The number of nitrogen functional groups attached to an aromatic ring is 1. The van der Waals surface area contributed by atoms with E-state index in [9.17, 15) is 0 Å². The summed E-state index contributed by atoms with van der Waals surface area (Å²) in [5, 5.41) is 0. The molecule has 4 nitrogen and oxygen atoms in total. The molecule has 0 aliphatic carbocycles. The van der Waals surface area contributed by atoms with Gasteiger partial charge in [0.15, 0.2) is 11.1 Å². The van der Waals surface area contributed by atoms with Gasteiger partial charge < -0.3 is 15.2 Å². The molecule has 3 aromatic rings. The largest absolute Gasteiger partial charge is 0.467 e. The fraction of sp³-hybridized carbons (Fsp3) is 0.188. The van der Waals surface area contributed by atoms with E-state index in [1.165, 1.54) is 4.70 Å². The highest BCUT2D eigenvalue weighted by atomic mass is 32.2. The molecule has 0 saturated heterocycles. The van der Waals surface area contributed by atoms with Crippen LogP contribution in [-0.2, 0) is 17.1 Å². The number of benzene rings is 2. The Morgan fingerprint density at radius 3 is 3.09 bits per heavy atom. The van der Waals surface area contributed by atoms with Crippen LogP contribution in [0.2, 0.25) is 0 Å². The maximum absolute atomic E-state index is 5.98. The summed E-state index contributed by atoms with van der Waals surface area (Å²) >= 11 is 3.43. The van der Waals surface area contributed by atoms with Gasteiger partial charge in [0.2, 0.25) is 0 Å². The quantitative estimate of drug-likeness (QED) is 0.580. The van der Waals surface area contributed by atoms with Gasteiger partial charge in [-0.1, -0.05) is 23.9 Å². The van der Waals surface area contributed by atoms with Crippen LogP contribution in [0.4, 0.5) is 5.69 Å². The van der Waals surface area contributed by atoms with Gasteiger partial charge in [-0.15, -0.1) is 11.3 Å². The molecule has 2 N–H and O–H groups in total. The minimum absolute atomic E-state index is 0.301. The van der Waals surface area contributed by atoms with Crippen molar-refractivity contribution in [2.45, 2.75) is 16.7 Å². The molecule has 0 saturated carbocycles. The molecule has 1 aromatic heterocycles. The Kier molecular flexibility index (Phi) is 3.65. The van der Waals surface area contributed by atoms with Gasteiger partial charge in [-0.05, 0) is 24.3 Å². The van der Waals surface area contributed by atoms with Crippen LogP contribution in [-0.4, -0.2) is 11.8 Å². The molecule has 6 heteroatoms. The molecule has 1 aliphatic heterocycles. The average Bonchev–Trinajstić information content (AvgIpc) is 2.95. The third kappa shape index (κ3) is 2.65. The van der Waals surface area contributed by atoms with Crippen molar-refractivity contribution in [1.29, 1.82) is 0 Å². The number of nitrogens with zero attached hydrogens (tertiary/aromatic N) is 1. The van der Waals surface area contributed by atoms with E-state index in [4.69, 9.17) is 15.2 Å². The number of para-hydroxylation sites is 1. The Morgan fingerprint density at radius 1 is 1.27 bits per heavy atom. The van der Waals surface area contributed by atoms with Crippen molar-refractivity contribution in [2.75, 3.05) is 12.5 Å². The molecule has 112 valence electrons. The molecule has 0 unspecified atom stereocenters. The number of thiazole rings is 1. The van der Waals surface area contributed by atoms with Crippen molar-refractivity contribution in [3.8, 4) is 5.75 Å². The van der Waals surface area contributed by atoms with E-state index in [-0.39, 0.29) is 0 Å². The summed E-state index contributed by atoms with van der Waals surface area (Å²) in [4.78, 5) is 4.65. The highest BCUT2D eigenvalue weighted by Gasteiger charge is 2.16. The van der Waals surface area contributed by atoms with Crippen LogP contribution in [0, 0.1) is 0 Å². The number of thioether (sulfide) groups is 1. The van der Waals surface area contributed by atoms with Gasteiger partial charge in [-0.25, -0.2) is 4.98 Å². The van der Waals surface area contributed by atoms with Crippen LogP contribution in [0.1, 0.15) is 11.1 Å². The van der Waals surface area contributed by atoms with Crippen LogP contribution in [0.5, 0.6) is 5.75 Å². The number of aromatic nitrogens is 1. The highest BCUT2D eigenvalue weighted by Crippen LogP contribution is 2.37. The molecule has 2 aromatic carbocycles. The lowest BCUT2D eigenvalue weighted by molar-refractivity contribution is -0.0168. The van der Waals surface area contributed by atoms with Gasteiger partial charge >= 0.3 is 0 Å². The Hall–Kier alpha value is -1.76. The number of rotatable bonds is 3. The van der Waals surface area contributed by atoms with E-state index in [1.807, 2.05) is 30.3 Å². The van der Waals surface area contributed by atoms with E-state index in [0.29, 0.717) is 13.4 Å². The predicted octanol–water partition coefficient (Wildman–Crippen LogP) is 4.04. The summed E-state index contributed by atoms with van der Waals surface area (Å²) in [6.07, 6.45) is 0. The molecule has 22 heavy (non-hydrogen) atoms. The molecular formula is C16H14N2O2S2. The van der Waals surface area contributed by atoms with Crippen LogP contribution >= 0.6 is 23.1 Å². The Labute approximate surface area is 136 Å². The molecule has 0 radical (unpaired) electrons. The summed E-state index contributed by atoms with van der Waals surface area (Å²) in [5.74, 6) is 1.70. The van der Waals surface area contributed by atoms with Gasteiger partial charge in [-0.3, -0.25) is 0 Å². The predicted molar refractivity (Wildman–Crippen MR) is 90.3 cm³/mol. The van der Waals surface area contributed by atoms with Gasteiger partial charge in [0.05, 0.1) is 16.8 Å². The molecule has 0 atom stereocenters. The van der Waals surface area contributed by atoms with Crippen LogP contribution < -0.4 is 10.5 Å². The first-order valence-corrected chi connectivity index (χ1v) is 8.70. The lowest BCUT2D eigenvalue weighted by atomic mass is 10.1. The number of nitrogens with two attached hydrogens (primary N) is 1. The molecule has 0 amide bonds. The number of fused-ring (bicyclic) bond motifs is 2. The van der Waals surface area contributed by atoms with Crippen molar-refractivity contribution in [3.05, 3.63) is 47.5 Å². The summed E-state index contributed by atoms with van der Waals surface area (Å²) in [7, 11) is 0. The van der Waals surface area contributed by atoms with Crippen molar-refractivity contribution in [3.63, 3.8) is 0 Å². The van der Waals surface area contributed by atoms with Gasteiger partial charge in [-0.2, -0.15) is 0 Å². The van der Waals surface area contributed by atoms with E-state index < -0.39 is 0 Å².